The van der Waals surface area contributed by atoms with Crippen LogP contribution in [-0.2, 0) is 0 Å². The van der Waals surface area contributed by atoms with E-state index in [1.807, 2.05) is 13.8 Å². The number of hydrogen-bond donors (Lipinski definition) is 0. The lowest BCUT2D eigenvalue weighted by molar-refractivity contribution is 0.472. The molecule has 0 heterocycles. The Balaban J connectivity index is 0. The fourth-order valence-corrected chi connectivity index (χ4v) is 4.49. The molecule has 0 spiro atoms. The Morgan fingerprint density at radius 3 is 1.81 bits per heavy atom. The highest BCUT2D eigenvalue weighted by atomic mass is 14.3. The highest BCUT2D eigenvalue weighted by Crippen LogP contribution is 2.42. The third kappa shape index (κ3) is 14.2. The maximum Gasteiger partial charge on any atom is -0.0103 e. The summed E-state index contributed by atoms with van der Waals surface area (Å²) in [6, 6.07) is 0. The summed E-state index contributed by atoms with van der Waals surface area (Å²) in [5, 5.41) is 0. The molecule has 3 unspecified atom stereocenters. The first-order valence-electron chi connectivity index (χ1n) is 13.4. The van der Waals surface area contributed by atoms with Gasteiger partial charge in [0.15, 0.2) is 0 Å². The Kier molecular flexibility index (Phi) is 17.1. The first-order valence-corrected chi connectivity index (χ1v) is 13.4. The summed E-state index contributed by atoms with van der Waals surface area (Å²) < 4.78 is 0. The molecule has 1 saturated carbocycles. The van der Waals surface area contributed by atoms with Crippen LogP contribution in [0.5, 0.6) is 0 Å². The van der Waals surface area contributed by atoms with Crippen LogP contribution in [0.2, 0.25) is 0 Å². The van der Waals surface area contributed by atoms with Crippen molar-refractivity contribution in [1.29, 1.82) is 0 Å². The lowest BCUT2D eigenvalue weighted by Gasteiger charge is -2.27. The molecule has 0 heteroatoms. The van der Waals surface area contributed by atoms with Crippen molar-refractivity contribution in [2.75, 3.05) is 0 Å². The highest BCUT2D eigenvalue weighted by Gasteiger charge is 2.28. The number of allylic oxidation sites excluding steroid dienone is 6. The van der Waals surface area contributed by atoms with Crippen LogP contribution >= 0.6 is 0 Å². The molecule has 1 fully saturated rings. The third-order valence-electron chi connectivity index (χ3n) is 6.36. The van der Waals surface area contributed by atoms with Gasteiger partial charge in [-0.05, 0) is 73.7 Å². The van der Waals surface area contributed by atoms with E-state index in [9.17, 15) is 0 Å². The van der Waals surface area contributed by atoms with Crippen LogP contribution in [0.1, 0.15) is 122 Å². The predicted octanol–water partition coefficient (Wildman–Crippen LogP) is 11.2. The van der Waals surface area contributed by atoms with Gasteiger partial charge in [-0.25, -0.2) is 0 Å². The molecule has 3 atom stereocenters. The van der Waals surface area contributed by atoms with E-state index in [1.165, 1.54) is 48.0 Å². The van der Waals surface area contributed by atoms with E-state index in [-0.39, 0.29) is 5.41 Å². The number of hydrogen-bond acceptors (Lipinski definition) is 0. The summed E-state index contributed by atoms with van der Waals surface area (Å²) >= 11 is 0. The lowest BCUT2D eigenvalue weighted by atomic mass is 9.79. The zero-order chi connectivity index (χ0) is 25.6. The maximum absolute atomic E-state index is 4.29. The molecule has 1 aliphatic rings. The second kappa shape index (κ2) is 16.6. The Morgan fingerprint density at radius 1 is 0.938 bits per heavy atom. The van der Waals surface area contributed by atoms with Gasteiger partial charge in [0.05, 0.1) is 0 Å². The van der Waals surface area contributed by atoms with Crippen LogP contribution in [0.15, 0.2) is 47.6 Å². The minimum absolute atomic E-state index is 0.197. The van der Waals surface area contributed by atoms with Crippen LogP contribution in [-0.4, -0.2) is 0 Å². The molecule has 1 aliphatic carbocycles. The Bertz CT molecular complexity index is 588. The summed E-state index contributed by atoms with van der Waals surface area (Å²) in [7, 11) is 0. The van der Waals surface area contributed by atoms with Gasteiger partial charge in [-0.15, -0.1) is 0 Å². The van der Waals surface area contributed by atoms with E-state index in [4.69, 9.17) is 0 Å². The zero-order valence-electron chi connectivity index (χ0n) is 24.5. The van der Waals surface area contributed by atoms with E-state index >= 15 is 0 Å². The highest BCUT2D eigenvalue weighted by molar-refractivity contribution is 5.36. The quantitative estimate of drug-likeness (QED) is 0.258. The topological polar surface area (TPSA) is 0 Å². The molecule has 0 aromatic carbocycles. The molecule has 0 aromatic heterocycles. The third-order valence-corrected chi connectivity index (χ3v) is 6.36. The van der Waals surface area contributed by atoms with Gasteiger partial charge in [0, 0.05) is 0 Å². The molecule has 0 N–H and O–H groups in total. The van der Waals surface area contributed by atoms with E-state index < -0.39 is 0 Å². The molecule has 1 rings (SSSR count). The van der Waals surface area contributed by atoms with Gasteiger partial charge >= 0.3 is 0 Å². The van der Waals surface area contributed by atoms with Gasteiger partial charge in [0.2, 0.25) is 0 Å². The molecule has 0 radical (unpaired) electrons. The lowest BCUT2D eigenvalue weighted by Crippen LogP contribution is -2.13. The second-order valence-electron chi connectivity index (χ2n) is 11.8. The summed E-state index contributed by atoms with van der Waals surface area (Å²) in [6.07, 6.45) is 11.0. The predicted molar refractivity (Wildman–Crippen MR) is 151 cm³/mol. The molecule has 32 heavy (non-hydrogen) atoms. The largest absolute Gasteiger partial charge is 0.0990 e. The first-order chi connectivity index (χ1) is 14.7. The van der Waals surface area contributed by atoms with Gasteiger partial charge < -0.3 is 0 Å². The monoisotopic (exact) mass is 444 g/mol. The average Bonchev–Trinajstić information content (AvgIpc) is 3.06. The summed E-state index contributed by atoms with van der Waals surface area (Å²) in [4.78, 5) is 0. The fourth-order valence-electron chi connectivity index (χ4n) is 4.49. The Morgan fingerprint density at radius 2 is 1.47 bits per heavy atom. The van der Waals surface area contributed by atoms with Crippen LogP contribution in [0.3, 0.4) is 0 Å². The molecule has 0 nitrogen and oxygen atoms in total. The van der Waals surface area contributed by atoms with Gasteiger partial charge in [-0.1, -0.05) is 131 Å². The molecular formula is C32H60. The van der Waals surface area contributed by atoms with Crippen LogP contribution in [0, 0.1) is 35.0 Å². The molecular weight excluding hydrogens is 384 g/mol. The standard InChI is InChI=1S/C19H32.C11H22.C2H6/c1-13(2)18(17-11-9-10-14(17)3)15(4)12-16(5)19(6,7)8;1-9(2)6-7-11(5)8-10(3)4;1-2/h14,17H,1,5,9-12H2,2-4,6-8H3;6-7,9-11H,8H2,1-5H3;1-2H3/b18-15+;7-6-;. The normalized spacial score (nSPS) is 20.3. The van der Waals surface area contributed by atoms with Crippen LogP contribution < -0.4 is 0 Å². The average molecular weight is 445 g/mol. The van der Waals surface area contributed by atoms with Crippen molar-refractivity contribution in [3.8, 4) is 0 Å². The fraction of sp³-hybridized carbons (Fsp3) is 0.750. The van der Waals surface area contributed by atoms with Gasteiger partial charge in [-0.2, -0.15) is 0 Å². The van der Waals surface area contributed by atoms with Crippen molar-refractivity contribution in [2.45, 2.75) is 122 Å². The van der Waals surface area contributed by atoms with Crippen molar-refractivity contribution in [2.24, 2.45) is 35.0 Å². The molecule has 0 saturated heterocycles. The molecule has 0 bridgehead atoms. The van der Waals surface area contributed by atoms with E-state index in [0.717, 1.165) is 30.1 Å². The smallest absolute Gasteiger partial charge is 0.0103 e. The van der Waals surface area contributed by atoms with Gasteiger partial charge in [-0.3, -0.25) is 0 Å². The number of rotatable bonds is 8. The van der Waals surface area contributed by atoms with Crippen molar-refractivity contribution in [3.63, 3.8) is 0 Å². The first kappa shape index (κ1) is 33.1. The zero-order valence-corrected chi connectivity index (χ0v) is 24.5. The molecule has 0 aliphatic heterocycles. The minimum atomic E-state index is 0.197. The van der Waals surface area contributed by atoms with Crippen LogP contribution in [0.4, 0.5) is 0 Å². The summed E-state index contributed by atoms with van der Waals surface area (Å²) in [5.74, 6) is 3.80. The second-order valence-corrected chi connectivity index (χ2v) is 11.8. The maximum atomic E-state index is 4.29. The SMILES string of the molecule is C=C(C)/C(=C(/C)CC(=C)C(C)(C)C)C1CCCC1C.CC.CC(C)/C=C\C(C)CC(C)C. The van der Waals surface area contributed by atoms with Gasteiger partial charge in [0.1, 0.15) is 0 Å². The van der Waals surface area contributed by atoms with E-state index in [2.05, 4.69) is 101 Å². The molecule has 188 valence electrons. The summed E-state index contributed by atoms with van der Waals surface area (Å²) in [6.45, 7) is 37.4. The molecule has 0 amide bonds. The minimum Gasteiger partial charge on any atom is -0.0990 e. The van der Waals surface area contributed by atoms with E-state index in [0.29, 0.717) is 5.92 Å². The van der Waals surface area contributed by atoms with Crippen molar-refractivity contribution in [3.05, 3.63) is 47.6 Å². The Labute approximate surface area is 204 Å². The van der Waals surface area contributed by atoms with E-state index in [1.54, 1.807) is 0 Å². The van der Waals surface area contributed by atoms with Gasteiger partial charge in [0.25, 0.3) is 0 Å². The van der Waals surface area contributed by atoms with Crippen molar-refractivity contribution < 1.29 is 0 Å². The van der Waals surface area contributed by atoms with Crippen LogP contribution in [0.25, 0.3) is 0 Å². The van der Waals surface area contributed by atoms with Crippen molar-refractivity contribution >= 4 is 0 Å². The summed E-state index contributed by atoms with van der Waals surface area (Å²) in [5.41, 5.74) is 5.82. The molecule has 0 aromatic rings. The Hall–Kier alpha value is -1.04. The van der Waals surface area contributed by atoms with Crippen molar-refractivity contribution in [1.82, 2.24) is 0 Å².